The molecule has 3 rings (SSSR count). The molecular formula is C14H12N2O. The lowest BCUT2D eigenvalue weighted by atomic mass is 9.98. The van der Waals surface area contributed by atoms with Gasteiger partial charge in [0.2, 0.25) is 0 Å². The molecule has 3 nitrogen and oxygen atoms in total. The molecule has 0 aliphatic carbocycles. The van der Waals surface area contributed by atoms with Crippen molar-refractivity contribution in [1.82, 2.24) is 10.3 Å². The largest absolute Gasteiger partial charge is 0.348 e. The average molecular weight is 224 g/mol. The van der Waals surface area contributed by atoms with Gasteiger partial charge in [-0.15, -0.1) is 0 Å². The van der Waals surface area contributed by atoms with Crippen molar-refractivity contribution in [3.05, 3.63) is 53.2 Å². The summed E-state index contributed by atoms with van der Waals surface area (Å²) in [4.78, 5) is 16.0. The minimum Gasteiger partial charge on any atom is -0.348 e. The molecule has 0 atom stereocenters. The van der Waals surface area contributed by atoms with Crippen LogP contribution in [0.3, 0.4) is 0 Å². The van der Waals surface area contributed by atoms with Crippen LogP contribution in [0.2, 0.25) is 0 Å². The minimum absolute atomic E-state index is 0.00966. The summed E-state index contributed by atoms with van der Waals surface area (Å²) in [5, 5.41) is 2.85. The second-order valence-corrected chi connectivity index (χ2v) is 4.18. The summed E-state index contributed by atoms with van der Waals surface area (Å²) in [5.41, 5.74) is 4.96. The van der Waals surface area contributed by atoms with Crippen LogP contribution >= 0.6 is 0 Å². The van der Waals surface area contributed by atoms with E-state index in [9.17, 15) is 4.79 Å². The van der Waals surface area contributed by atoms with E-state index in [0.717, 1.165) is 27.9 Å². The fourth-order valence-electron chi connectivity index (χ4n) is 2.24. The van der Waals surface area contributed by atoms with Gasteiger partial charge in [-0.25, -0.2) is 0 Å². The molecule has 2 aromatic rings. The highest BCUT2D eigenvalue weighted by molar-refractivity contribution is 6.00. The summed E-state index contributed by atoms with van der Waals surface area (Å²) in [6.45, 7) is 2.63. The molecule has 0 spiro atoms. The normalized spacial score (nSPS) is 13.4. The molecule has 1 aliphatic heterocycles. The summed E-state index contributed by atoms with van der Waals surface area (Å²) in [5.74, 6) is 0.00966. The maximum absolute atomic E-state index is 11.6. The Hall–Kier alpha value is -2.16. The zero-order chi connectivity index (χ0) is 11.8. The first kappa shape index (κ1) is 10.0. The number of pyridine rings is 1. The standard InChI is InChI=1S/C14H12N2O/c1-9-4-3-7-15-13(9)10-5-2-6-11-12(10)8-16-14(11)17/h2-7H,8H2,1H3,(H,16,17). The van der Waals surface area contributed by atoms with Gasteiger partial charge in [-0.3, -0.25) is 9.78 Å². The van der Waals surface area contributed by atoms with Gasteiger partial charge in [-0.1, -0.05) is 18.2 Å². The number of benzene rings is 1. The number of hydrogen-bond donors (Lipinski definition) is 1. The number of carbonyl (C=O) groups excluding carboxylic acids is 1. The van der Waals surface area contributed by atoms with Gasteiger partial charge in [0, 0.05) is 23.9 Å². The fraction of sp³-hybridized carbons (Fsp3) is 0.143. The van der Waals surface area contributed by atoms with E-state index < -0.39 is 0 Å². The lowest BCUT2D eigenvalue weighted by Crippen LogP contribution is -2.12. The van der Waals surface area contributed by atoms with Crippen LogP contribution in [0.4, 0.5) is 0 Å². The molecule has 17 heavy (non-hydrogen) atoms. The molecule has 1 aromatic heterocycles. The summed E-state index contributed by atoms with van der Waals surface area (Å²) in [6.07, 6.45) is 1.78. The Morgan fingerprint density at radius 3 is 2.82 bits per heavy atom. The highest BCUT2D eigenvalue weighted by Gasteiger charge is 2.22. The Bertz CT molecular complexity index is 605. The lowest BCUT2D eigenvalue weighted by Gasteiger charge is -2.08. The van der Waals surface area contributed by atoms with Crippen molar-refractivity contribution in [2.24, 2.45) is 0 Å². The predicted molar refractivity (Wildman–Crippen MR) is 65.6 cm³/mol. The molecule has 2 heterocycles. The van der Waals surface area contributed by atoms with Crippen LogP contribution in [-0.4, -0.2) is 10.9 Å². The zero-order valence-electron chi connectivity index (χ0n) is 9.53. The van der Waals surface area contributed by atoms with Crippen molar-refractivity contribution >= 4 is 5.91 Å². The number of nitrogens with zero attached hydrogens (tertiary/aromatic N) is 1. The molecule has 0 fully saturated rings. The molecule has 84 valence electrons. The Balaban J connectivity index is 2.24. The topological polar surface area (TPSA) is 42.0 Å². The van der Waals surface area contributed by atoms with Crippen LogP contribution in [0.1, 0.15) is 21.5 Å². The summed E-state index contributed by atoms with van der Waals surface area (Å²) in [6, 6.07) is 9.75. The second kappa shape index (κ2) is 3.70. The van der Waals surface area contributed by atoms with Gasteiger partial charge in [-0.2, -0.15) is 0 Å². The van der Waals surface area contributed by atoms with Gasteiger partial charge in [0.15, 0.2) is 0 Å². The second-order valence-electron chi connectivity index (χ2n) is 4.18. The van der Waals surface area contributed by atoms with Gasteiger partial charge < -0.3 is 5.32 Å². The van der Waals surface area contributed by atoms with Crippen molar-refractivity contribution < 1.29 is 4.79 Å². The number of nitrogens with one attached hydrogen (secondary N) is 1. The van der Waals surface area contributed by atoms with E-state index in [1.807, 2.05) is 37.3 Å². The summed E-state index contributed by atoms with van der Waals surface area (Å²) in [7, 11) is 0. The van der Waals surface area contributed by atoms with Crippen LogP contribution in [0.5, 0.6) is 0 Å². The van der Waals surface area contributed by atoms with E-state index in [4.69, 9.17) is 0 Å². The number of hydrogen-bond acceptors (Lipinski definition) is 2. The van der Waals surface area contributed by atoms with Gasteiger partial charge in [0.05, 0.1) is 5.69 Å². The third-order valence-corrected chi connectivity index (χ3v) is 3.11. The van der Waals surface area contributed by atoms with E-state index in [0.29, 0.717) is 6.54 Å². The maximum atomic E-state index is 11.6. The van der Waals surface area contributed by atoms with Crippen molar-refractivity contribution in [2.45, 2.75) is 13.5 Å². The first-order valence-electron chi connectivity index (χ1n) is 5.59. The van der Waals surface area contributed by atoms with Gasteiger partial charge >= 0.3 is 0 Å². The Kier molecular flexibility index (Phi) is 2.18. The Labute approximate surface area is 99.5 Å². The quantitative estimate of drug-likeness (QED) is 0.807. The molecule has 3 heteroatoms. The third-order valence-electron chi connectivity index (χ3n) is 3.11. The smallest absolute Gasteiger partial charge is 0.251 e. The van der Waals surface area contributed by atoms with E-state index >= 15 is 0 Å². The monoisotopic (exact) mass is 224 g/mol. The molecule has 1 N–H and O–H groups in total. The molecule has 0 saturated heterocycles. The number of carbonyl (C=O) groups is 1. The van der Waals surface area contributed by atoms with Gasteiger partial charge in [0.1, 0.15) is 0 Å². The molecule has 1 aromatic carbocycles. The Morgan fingerprint density at radius 1 is 1.18 bits per heavy atom. The average Bonchev–Trinajstić information content (AvgIpc) is 2.72. The first-order valence-corrected chi connectivity index (χ1v) is 5.59. The van der Waals surface area contributed by atoms with Crippen molar-refractivity contribution in [3.8, 4) is 11.3 Å². The number of aromatic nitrogens is 1. The SMILES string of the molecule is Cc1cccnc1-c1cccc2c1CNC2=O. The maximum Gasteiger partial charge on any atom is 0.251 e. The molecule has 0 bridgehead atoms. The molecule has 1 aliphatic rings. The number of fused-ring (bicyclic) bond motifs is 1. The van der Waals surface area contributed by atoms with Crippen LogP contribution in [0, 0.1) is 6.92 Å². The highest BCUT2D eigenvalue weighted by Crippen LogP contribution is 2.29. The third kappa shape index (κ3) is 1.51. The first-order chi connectivity index (χ1) is 8.27. The zero-order valence-corrected chi connectivity index (χ0v) is 9.53. The van der Waals surface area contributed by atoms with E-state index in [-0.39, 0.29) is 5.91 Å². The fourth-order valence-corrected chi connectivity index (χ4v) is 2.24. The summed E-state index contributed by atoms with van der Waals surface area (Å²) >= 11 is 0. The molecule has 0 saturated carbocycles. The molecule has 1 amide bonds. The van der Waals surface area contributed by atoms with E-state index in [1.165, 1.54) is 0 Å². The minimum atomic E-state index is 0.00966. The van der Waals surface area contributed by atoms with Crippen molar-refractivity contribution in [2.75, 3.05) is 0 Å². The van der Waals surface area contributed by atoms with E-state index in [1.54, 1.807) is 6.20 Å². The molecule has 0 radical (unpaired) electrons. The lowest BCUT2D eigenvalue weighted by molar-refractivity contribution is 0.0966. The number of aryl methyl sites for hydroxylation is 1. The summed E-state index contributed by atoms with van der Waals surface area (Å²) < 4.78 is 0. The molecular weight excluding hydrogens is 212 g/mol. The number of amides is 1. The van der Waals surface area contributed by atoms with Crippen LogP contribution in [0.25, 0.3) is 11.3 Å². The highest BCUT2D eigenvalue weighted by atomic mass is 16.1. The van der Waals surface area contributed by atoms with Crippen molar-refractivity contribution in [3.63, 3.8) is 0 Å². The van der Waals surface area contributed by atoms with Crippen LogP contribution < -0.4 is 5.32 Å². The Morgan fingerprint density at radius 2 is 2.00 bits per heavy atom. The molecule has 0 unspecified atom stereocenters. The predicted octanol–water partition coefficient (Wildman–Crippen LogP) is 2.30. The number of rotatable bonds is 1. The van der Waals surface area contributed by atoms with Gasteiger partial charge in [-0.05, 0) is 30.2 Å². The van der Waals surface area contributed by atoms with Gasteiger partial charge in [0.25, 0.3) is 5.91 Å². The van der Waals surface area contributed by atoms with E-state index in [2.05, 4.69) is 10.3 Å². The van der Waals surface area contributed by atoms with Crippen LogP contribution in [-0.2, 0) is 6.54 Å². The van der Waals surface area contributed by atoms with Crippen molar-refractivity contribution in [1.29, 1.82) is 0 Å². The van der Waals surface area contributed by atoms with Crippen LogP contribution in [0.15, 0.2) is 36.5 Å².